The molecular weight excluding hydrogens is 324 g/mol. The van der Waals surface area contributed by atoms with E-state index in [1.54, 1.807) is 6.92 Å². The van der Waals surface area contributed by atoms with E-state index in [1.807, 2.05) is 0 Å². The topological polar surface area (TPSA) is 43.4 Å². The van der Waals surface area contributed by atoms with E-state index in [0.717, 1.165) is 31.6 Å². The Labute approximate surface area is 159 Å². The van der Waals surface area contributed by atoms with Gasteiger partial charge < -0.3 is 4.74 Å². The molecule has 0 spiro atoms. The summed E-state index contributed by atoms with van der Waals surface area (Å²) in [6.45, 7) is 10.5. The molecule has 0 aromatic heterocycles. The lowest BCUT2D eigenvalue weighted by Gasteiger charge is -2.52. The van der Waals surface area contributed by atoms with Gasteiger partial charge in [0.05, 0.1) is 0 Å². The second kappa shape index (κ2) is 7.28. The number of hydrogen-bond donors (Lipinski definition) is 0. The van der Waals surface area contributed by atoms with Gasteiger partial charge in [-0.3, -0.25) is 9.59 Å². The van der Waals surface area contributed by atoms with Crippen LogP contribution in [-0.2, 0) is 14.3 Å². The molecular formula is C23H38O3. The predicted octanol–water partition coefficient (Wildman–Crippen LogP) is 5.56. The molecule has 7 atom stereocenters. The molecule has 148 valence electrons. The van der Waals surface area contributed by atoms with E-state index in [1.165, 1.54) is 39.0 Å². The summed E-state index contributed by atoms with van der Waals surface area (Å²) in [6.07, 6.45) is 10.7. The van der Waals surface area contributed by atoms with Crippen molar-refractivity contribution < 1.29 is 14.3 Å². The van der Waals surface area contributed by atoms with E-state index < -0.39 is 0 Å². The van der Waals surface area contributed by atoms with Crippen molar-refractivity contribution in [3.05, 3.63) is 0 Å². The summed E-state index contributed by atoms with van der Waals surface area (Å²) in [5, 5.41) is 0. The number of esters is 1. The second-order valence-corrected chi connectivity index (χ2v) is 10.1. The van der Waals surface area contributed by atoms with Crippen LogP contribution in [0.15, 0.2) is 0 Å². The Morgan fingerprint density at radius 2 is 1.77 bits per heavy atom. The molecule has 26 heavy (non-hydrogen) atoms. The Kier molecular flexibility index (Phi) is 5.57. The van der Waals surface area contributed by atoms with Crippen LogP contribution in [0.2, 0.25) is 0 Å². The SMILES string of the molecule is CC[C@@]1(C)C(C2CCC3C[C@H](OC(C)=O)CC[C@]3(C)C2)CC[C@@H]1C(C)=O. The third-order valence-electron chi connectivity index (χ3n) is 8.75. The van der Waals surface area contributed by atoms with Gasteiger partial charge in [0.1, 0.15) is 11.9 Å². The van der Waals surface area contributed by atoms with Crippen LogP contribution in [0, 0.1) is 34.5 Å². The van der Waals surface area contributed by atoms with Crippen LogP contribution in [0.1, 0.15) is 92.4 Å². The Bertz CT molecular complexity index is 556. The summed E-state index contributed by atoms with van der Waals surface area (Å²) in [5.74, 6) is 2.68. The average Bonchev–Trinajstić information content (AvgIpc) is 2.92. The maximum absolute atomic E-state index is 12.2. The van der Waals surface area contributed by atoms with Crippen LogP contribution in [0.3, 0.4) is 0 Å². The number of carbonyl (C=O) groups excluding carboxylic acids is 2. The molecule has 3 rings (SSSR count). The molecule has 0 aliphatic heterocycles. The highest BCUT2D eigenvalue weighted by molar-refractivity contribution is 5.79. The molecule has 0 heterocycles. The summed E-state index contributed by atoms with van der Waals surface area (Å²) in [4.78, 5) is 23.5. The molecule has 0 amide bonds. The van der Waals surface area contributed by atoms with Crippen LogP contribution < -0.4 is 0 Å². The molecule has 0 aromatic rings. The minimum Gasteiger partial charge on any atom is -0.463 e. The van der Waals surface area contributed by atoms with Gasteiger partial charge >= 0.3 is 5.97 Å². The van der Waals surface area contributed by atoms with Crippen LogP contribution >= 0.6 is 0 Å². The molecule has 0 aromatic carbocycles. The van der Waals surface area contributed by atoms with Gasteiger partial charge in [-0.15, -0.1) is 0 Å². The number of rotatable bonds is 4. The maximum atomic E-state index is 12.2. The average molecular weight is 363 g/mol. The standard InChI is InChI=1S/C23H38O3/c1-6-23(5)20(15(2)24)9-10-21(23)17-7-8-18-13-19(26-16(3)25)11-12-22(18,4)14-17/h17-21H,6-14H2,1-5H3/t17?,18?,19-,20-,21?,22-,23-/m1/s1. The van der Waals surface area contributed by atoms with Crippen LogP contribution in [-0.4, -0.2) is 17.9 Å². The third-order valence-corrected chi connectivity index (χ3v) is 8.75. The summed E-state index contributed by atoms with van der Waals surface area (Å²) in [5.41, 5.74) is 0.581. The van der Waals surface area contributed by atoms with Crippen LogP contribution in [0.4, 0.5) is 0 Å². The second-order valence-electron chi connectivity index (χ2n) is 10.1. The molecule has 3 saturated carbocycles. The molecule has 3 nitrogen and oxygen atoms in total. The first-order chi connectivity index (χ1) is 12.2. The van der Waals surface area contributed by atoms with Crippen LogP contribution in [0.25, 0.3) is 0 Å². The molecule has 3 aliphatic rings. The Hall–Kier alpha value is -0.860. The first kappa shape index (κ1) is 19.9. The van der Waals surface area contributed by atoms with Gasteiger partial charge in [-0.1, -0.05) is 20.8 Å². The van der Waals surface area contributed by atoms with Crippen molar-refractivity contribution in [3.8, 4) is 0 Å². The molecule has 3 heteroatoms. The minimum atomic E-state index is -0.132. The smallest absolute Gasteiger partial charge is 0.302 e. The summed E-state index contributed by atoms with van der Waals surface area (Å²) in [6, 6.07) is 0. The lowest BCUT2D eigenvalue weighted by atomic mass is 9.53. The number of hydrogen-bond acceptors (Lipinski definition) is 3. The van der Waals surface area contributed by atoms with Gasteiger partial charge in [0.2, 0.25) is 0 Å². The number of carbonyl (C=O) groups is 2. The van der Waals surface area contributed by atoms with Gasteiger partial charge in [0.25, 0.3) is 0 Å². The monoisotopic (exact) mass is 362 g/mol. The quantitative estimate of drug-likeness (QED) is 0.615. The molecule has 3 fully saturated rings. The summed E-state index contributed by atoms with van der Waals surface area (Å²) in [7, 11) is 0. The minimum absolute atomic E-state index is 0.132. The molecule has 0 N–H and O–H groups in total. The largest absolute Gasteiger partial charge is 0.463 e. The fraction of sp³-hybridized carbons (Fsp3) is 0.913. The van der Waals surface area contributed by atoms with Crippen molar-refractivity contribution in [2.75, 3.05) is 0 Å². The highest BCUT2D eigenvalue weighted by Crippen LogP contribution is 2.60. The molecule has 0 bridgehead atoms. The van der Waals surface area contributed by atoms with Crippen molar-refractivity contribution in [2.24, 2.45) is 34.5 Å². The Morgan fingerprint density at radius 3 is 2.38 bits per heavy atom. The van der Waals surface area contributed by atoms with E-state index in [2.05, 4.69) is 20.8 Å². The summed E-state index contributed by atoms with van der Waals surface area (Å²) >= 11 is 0. The van der Waals surface area contributed by atoms with E-state index in [9.17, 15) is 9.59 Å². The Balaban J connectivity index is 1.70. The van der Waals surface area contributed by atoms with Crippen molar-refractivity contribution in [3.63, 3.8) is 0 Å². The van der Waals surface area contributed by atoms with E-state index >= 15 is 0 Å². The van der Waals surface area contributed by atoms with Crippen molar-refractivity contribution >= 4 is 11.8 Å². The molecule has 0 radical (unpaired) electrons. The zero-order chi connectivity index (χ0) is 19.1. The van der Waals surface area contributed by atoms with E-state index in [-0.39, 0.29) is 23.4 Å². The van der Waals surface area contributed by atoms with Crippen molar-refractivity contribution in [1.29, 1.82) is 0 Å². The van der Waals surface area contributed by atoms with E-state index in [4.69, 9.17) is 4.74 Å². The van der Waals surface area contributed by atoms with Gasteiger partial charge in [0, 0.05) is 12.8 Å². The molecule has 0 saturated heterocycles. The van der Waals surface area contributed by atoms with Gasteiger partial charge in [-0.2, -0.15) is 0 Å². The lowest BCUT2D eigenvalue weighted by Crippen LogP contribution is -2.45. The highest BCUT2D eigenvalue weighted by atomic mass is 16.5. The number of ether oxygens (including phenoxy) is 1. The fourth-order valence-corrected chi connectivity index (χ4v) is 7.17. The first-order valence-electron chi connectivity index (χ1n) is 10.9. The van der Waals surface area contributed by atoms with Gasteiger partial charge in [-0.05, 0) is 93.3 Å². The lowest BCUT2D eigenvalue weighted by molar-refractivity contribution is -0.152. The number of Topliss-reactive ketones (excluding diaryl/α,β-unsaturated/α-hetero) is 1. The molecule has 3 unspecified atom stereocenters. The molecule has 3 aliphatic carbocycles. The zero-order valence-electron chi connectivity index (χ0n) is 17.5. The van der Waals surface area contributed by atoms with Gasteiger partial charge in [-0.25, -0.2) is 0 Å². The number of ketones is 1. The Morgan fingerprint density at radius 1 is 1.04 bits per heavy atom. The van der Waals surface area contributed by atoms with E-state index in [0.29, 0.717) is 23.0 Å². The van der Waals surface area contributed by atoms with Crippen molar-refractivity contribution in [1.82, 2.24) is 0 Å². The fourth-order valence-electron chi connectivity index (χ4n) is 7.17. The normalized spacial score (nSPS) is 45.8. The number of fused-ring (bicyclic) bond motifs is 1. The van der Waals surface area contributed by atoms with Gasteiger partial charge in [0.15, 0.2) is 0 Å². The third kappa shape index (κ3) is 3.47. The van der Waals surface area contributed by atoms with Crippen LogP contribution in [0.5, 0.6) is 0 Å². The zero-order valence-corrected chi connectivity index (χ0v) is 17.5. The van der Waals surface area contributed by atoms with Crippen molar-refractivity contribution in [2.45, 2.75) is 98.5 Å². The highest BCUT2D eigenvalue weighted by Gasteiger charge is 2.53. The maximum Gasteiger partial charge on any atom is 0.302 e. The summed E-state index contributed by atoms with van der Waals surface area (Å²) < 4.78 is 5.53. The first-order valence-corrected chi connectivity index (χ1v) is 10.9. The predicted molar refractivity (Wildman–Crippen MR) is 104 cm³/mol.